The molecule has 0 amide bonds. The first kappa shape index (κ1) is 51.0. The third-order valence-electron chi connectivity index (χ3n) is 12.2. The first-order valence-corrected chi connectivity index (χ1v) is 24.9. The van der Waals surface area contributed by atoms with Gasteiger partial charge in [-0.25, -0.2) is 0 Å². The molecule has 0 aliphatic carbocycles. The summed E-state index contributed by atoms with van der Waals surface area (Å²) in [5.74, 6) is 0. The lowest BCUT2D eigenvalue weighted by molar-refractivity contribution is -0.890. The molecule has 0 spiro atoms. The van der Waals surface area contributed by atoms with E-state index in [0.29, 0.717) is 0 Å². The minimum Gasteiger partial charge on any atom is -0.328 e. The molecular formula is C50H104N+. The van der Waals surface area contributed by atoms with Gasteiger partial charge in [0.15, 0.2) is 0 Å². The number of nitrogens with zero attached hydrogens (tertiary/aromatic N) is 1. The van der Waals surface area contributed by atoms with E-state index in [-0.39, 0.29) is 0 Å². The maximum absolute atomic E-state index is 2.48. The van der Waals surface area contributed by atoms with E-state index in [4.69, 9.17) is 0 Å². The minimum absolute atomic E-state index is 1.25. The molecule has 0 bridgehead atoms. The highest BCUT2D eigenvalue weighted by molar-refractivity contribution is 4.54. The second-order valence-electron chi connectivity index (χ2n) is 18.2. The second-order valence-corrected chi connectivity index (χ2v) is 18.2. The van der Waals surface area contributed by atoms with Crippen LogP contribution in [0.4, 0.5) is 0 Å². The molecule has 0 aromatic rings. The molecule has 0 aromatic carbocycles. The standard InChI is InChI=1S/C50H104N/c1-5-7-9-11-13-15-17-19-21-23-25-27-29-31-33-35-37-39-41-43-45-47-49-51(3,4)50-48-46-44-42-40-38-36-34-32-30-28-26-24-22-20-18-16-14-12-10-8-6-2/h5-50H2,1-4H3/q+1. The average Bonchev–Trinajstić information content (AvgIpc) is 3.12. The van der Waals surface area contributed by atoms with Crippen LogP contribution in [0.2, 0.25) is 0 Å². The van der Waals surface area contributed by atoms with Crippen LogP contribution in [-0.4, -0.2) is 31.7 Å². The first-order valence-electron chi connectivity index (χ1n) is 24.9. The van der Waals surface area contributed by atoms with Crippen molar-refractivity contribution in [1.29, 1.82) is 0 Å². The molecule has 0 atom stereocenters. The van der Waals surface area contributed by atoms with Crippen LogP contribution in [0.3, 0.4) is 0 Å². The highest BCUT2D eigenvalue weighted by Crippen LogP contribution is 2.18. The Morgan fingerprint density at radius 1 is 0.176 bits per heavy atom. The van der Waals surface area contributed by atoms with Gasteiger partial charge in [-0.1, -0.05) is 271 Å². The van der Waals surface area contributed by atoms with Crippen LogP contribution in [0.1, 0.15) is 296 Å². The molecule has 0 saturated heterocycles. The Bertz CT molecular complexity index is 546. The van der Waals surface area contributed by atoms with Crippen molar-refractivity contribution in [1.82, 2.24) is 0 Å². The molecular weight excluding hydrogens is 615 g/mol. The Hall–Kier alpha value is -0.0400. The molecule has 308 valence electrons. The largest absolute Gasteiger partial charge is 0.328 e. The minimum atomic E-state index is 1.25. The van der Waals surface area contributed by atoms with Gasteiger partial charge in [0.05, 0.1) is 27.2 Å². The van der Waals surface area contributed by atoms with E-state index >= 15 is 0 Å². The molecule has 51 heavy (non-hydrogen) atoms. The summed E-state index contributed by atoms with van der Waals surface area (Å²) in [7, 11) is 4.96. The summed E-state index contributed by atoms with van der Waals surface area (Å²) in [6.45, 7) is 7.40. The van der Waals surface area contributed by atoms with Gasteiger partial charge in [0, 0.05) is 0 Å². The Kier molecular flexibility index (Phi) is 44.3. The summed E-state index contributed by atoms with van der Waals surface area (Å²) in [5.41, 5.74) is 0. The zero-order valence-electron chi connectivity index (χ0n) is 37.0. The first-order chi connectivity index (χ1) is 25.1. The van der Waals surface area contributed by atoms with Crippen molar-refractivity contribution in [3.63, 3.8) is 0 Å². The van der Waals surface area contributed by atoms with Crippen molar-refractivity contribution in [3.05, 3.63) is 0 Å². The number of hydrogen-bond acceptors (Lipinski definition) is 0. The van der Waals surface area contributed by atoms with Gasteiger partial charge in [0.1, 0.15) is 0 Å². The van der Waals surface area contributed by atoms with Crippen molar-refractivity contribution in [2.45, 2.75) is 296 Å². The van der Waals surface area contributed by atoms with Crippen LogP contribution in [0.15, 0.2) is 0 Å². The molecule has 1 heteroatoms. The fourth-order valence-corrected chi connectivity index (χ4v) is 8.41. The summed E-state index contributed by atoms with van der Waals surface area (Å²) < 4.78 is 1.25. The third kappa shape index (κ3) is 46.0. The summed E-state index contributed by atoms with van der Waals surface area (Å²) >= 11 is 0. The van der Waals surface area contributed by atoms with Gasteiger partial charge in [-0.15, -0.1) is 0 Å². The molecule has 1 nitrogen and oxygen atoms in total. The molecule has 0 N–H and O–H groups in total. The monoisotopic (exact) mass is 719 g/mol. The molecule has 0 aromatic heterocycles. The summed E-state index contributed by atoms with van der Waals surface area (Å²) in [6.07, 6.45) is 64.9. The maximum Gasteiger partial charge on any atom is 0.0782 e. The highest BCUT2D eigenvalue weighted by Gasteiger charge is 2.13. The van der Waals surface area contributed by atoms with Crippen molar-refractivity contribution in [2.75, 3.05) is 27.2 Å². The van der Waals surface area contributed by atoms with E-state index in [1.807, 2.05) is 0 Å². The Labute approximate surface area is 327 Å². The smallest absolute Gasteiger partial charge is 0.0782 e. The molecule has 0 rings (SSSR count). The van der Waals surface area contributed by atoms with Crippen LogP contribution in [0.25, 0.3) is 0 Å². The predicted octanol–water partition coefficient (Wildman–Crippen LogP) is 18.3. The van der Waals surface area contributed by atoms with Crippen LogP contribution in [0.5, 0.6) is 0 Å². The average molecular weight is 719 g/mol. The van der Waals surface area contributed by atoms with E-state index in [1.54, 1.807) is 0 Å². The van der Waals surface area contributed by atoms with Crippen LogP contribution in [-0.2, 0) is 0 Å². The maximum atomic E-state index is 2.48. The van der Waals surface area contributed by atoms with Gasteiger partial charge in [-0.3, -0.25) is 0 Å². The van der Waals surface area contributed by atoms with Gasteiger partial charge in [0.2, 0.25) is 0 Å². The molecule has 0 aliphatic heterocycles. The van der Waals surface area contributed by atoms with Crippen molar-refractivity contribution >= 4 is 0 Å². The fraction of sp³-hybridized carbons (Fsp3) is 1.00. The van der Waals surface area contributed by atoms with Gasteiger partial charge >= 0.3 is 0 Å². The SMILES string of the molecule is CCCCCCCCCCCCCCCCCCCCCCCC[N+](C)(C)CCCCCCCCCCCCCCCCCCCCCCCC. The van der Waals surface area contributed by atoms with Crippen LogP contribution < -0.4 is 0 Å². The molecule has 0 fully saturated rings. The van der Waals surface area contributed by atoms with Gasteiger partial charge in [-0.2, -0.15) is 0 Å². The lowest BCUT2D eigenvalue weighted by Gasteiger charge is -2.30. The Morgan fingerprint density at radius 2 is 0.294 bits per heavy atom. The number of hydrogen-bond donors (Lipinski definition) is 0. The van der Waals surface area contributed by atoms with Crippen molar-refractivity contribution in [3.8, 4) is 0 Å². The normalized spacial score (nSPS) is 12.0. The van der Waals surface area contributed by atoms with Crippen LogP contribution >= 0.6 is 0 Å². The van der Waals surface area contributed by atoms with Crippen LogP contribution in [0, 0.1) is 0 Å². The van der Waals surface area contributed by atoms with Crippen molar-refractivity contribution < 1.29 is 4.48 Å². The molecule has 0 unspecified atom stereocenters. The van der Waals surface area contributed by atoms with E-state index in [1.165, 1.54) is 300 Å². The van der Waals surface area contributed by atoms with E-state index in [0.717, 1.165) is 0 Å². The zero-order valence-corrected chi connectivity index (χ0v) is 37.0. The van der Waals surface area contributed by atoms with E-state index in [9.17, 15) is 0 Å². The Morgan fingerprint density at radius 3 is 0.431 bits per heavy atom. The summed E-state index contributed by atoms with van der Waals surface area (Å²) in [4.78, 5) is 0. The molecule has 0 aliphatic rings. The summed E-state index contributed by atoms with van der Waals surface area (Å²) in [6, 6.07) is 0. The number of rotatable bonds is 46. The second kappa shape index (κ2) is 44.4. The molecule has 0 radical (unpaired) electrons. The van der Waals surface area contributed by atoms with E-state index in [2.05, 4.69) is 27.9 Å². The number of unbranched alkanes of at least 4 members (excludes halogenated alkanes) is 42. The third-order valence-corrected chi connectivity index (χ3v) is 12.2. The fourth-order valence-electron chi connectivity index (χ4n) is 8.41. The quantitative estimate of drug-likeness (QED) is 0.0434. The summed E-state index contributed by atoms with van der Waals surface area (Å²) in [5, 5.41) is 0. The van der Waals surface area contributed by atoms with Gasteiger partial charge in [0.25, 0.3) is 0 Å². The zero-order chi connectivity index (χ0) is 37.0. The lowest BCUT2D eigenvalue weighted by atomic mass is 10.0. The molecule has 0 heterocycles. The van der Waals surface area contributed by atoms with E-state index < -0.39 is 0 Å². The topological polar surface area (TPSA) is 0 Å². The predicted molar refractivity (Wildman–Crippen MR) is 236 cm³/mol. The number of quaternary nitrogens is 1. The molecule has 0 saturated carbocycles. The van der Waals surface area contributed by atoms with Gasteiger partial charge < -0.3 is 4.48 Å². The lowest BCUT2D eigenvalue weighted by Crippen LogP contribution is -2.41. The highest BCUT2D eigenvalue weighted by atomic mass is 15.3. The Balaban J connectivity index is 3.24. The van der Waals surface area contributed by atoms with Crippen molar-refractivity contribution in [2.24, 2.45) is 0 Å². The van der Waals surface area contributed by atoms with Gasteiger partial charge in [-0.05, 0) is 25.7 Å².